The Hall–Kier alpha value is -3.04. The predicted molar refractivity (Wildman–Crippen MR) is 91.0 cm³/mol. The van der Waals surface area contributed by atoms with Crippen LogP contribution in [0.4, 0.5) is 0 Å². The lowest BCUT2D eigenvalue weighted by atomic mass is 9.71. The minimum atomic E-state index is -0.474. The molecule has 0 radical (unpaired) electrons. The predicted octanol–water partition coefficient (Wildman–Crippen LogP) is 4.02. The van der Waals surface area contributed by atoms with Gasteiger partial charge >= 0.3 is 0 Å². The smallest absolute Gasteiger partial charge is 0.196 e. The standard InChI is InChI=1S/C20H16N2O/c1-5-7-13-15(6-2)20(3,4)19-17(18(13)23)14-9-8-12(11-21)10-16(14)22-19/h2,5,7-10,22H,1,3-4H3/b7-5-. The summed E-state index contributed by atoms with van der Waals surface area (Å²) in [7, 11) is 0. The summed E-state index contributed by atoms with van der Waals surface area (Å²) in [6.45, 7) is 5.89. The topological polar surface area (TPSA) is 56.6 Å². The van der Waals surface area contributed by atoms with Crippen molar-refractivity contribution in [1.82, 2.24) is 4.98 Å². The van der Waals surface area contributed by atoms with Crippen molar-refractivity contribution in [2.24, 2.45) is 0 Å². The van der Waals surface area contributed by atoms with Crippen molar-refractivity contribution in [2.45, 2.75) is 26.2 Å². The number of terminal acetylenes is 1. The quantitative estimate of drug-likeness (QED) is 0.809. The third kappa shape index (κ3) is 1.94. The van der Waals surface area contributed by atoms with Gasteiger partial charge in [0, 0.05) is 33.2 Å². The van der Waals surface area contributed by atoms with Crippen LogP contribution in [0.25, 0.3) is 10.9 Å². The Morgan fingerprint density at radius 1 is 1.35 bits per heavy atom. The molecule has 2 aromatic rings. The lowest BCUT2D eigenvalue weighted by Crippen LogP contribution is -2.30. The molecule has 0 saturated carbocycles. The number of hydrogen-bond acceptors (Lipinski definition) is 2. The molecular formula is C20H16N2O. The molecule has 3 heteroatoms. The molecule has 0 bridgehead atoms. The summed E-state index contributed by atoms with van der Waals surface area (Å²) in [6, 6.07) is 7.44. The molecule has 0 amide bonds. The number of Topliss-reactive ketones (excluding diaryl/α,β-unsaturated/α-hetero) is 1. The van der Waals surface area contributed by atoms with E-state index in [0.717, 1.165) is 16.6 Å². The van der Waals surface area contributed by atoms with Gasteiger partial charge in [-0.05, 0) is 32.9 Å². The Bertz CT molecular complexity index is 985. The lowest BCUT2D eigenvalue weighted by molar-refractivity contribution is 0.103. The summed E-state index contributed by atoms with van der Waals surface area (Å²) in [4.78, 5) is 16.3. The molecular weight excluding hydrogens is 284 g/mol. The van der Waals surface area contributed by atoms with Crippen LogP contribution in [-0.2, 0) is 5.41 Å². The number of ketones is 1. The molecule has 1 aliphatic carbocycles. The highest BCUT2D eigenvalue weighted by atomic mass is 16.1. The van der Waals surface area contributed by atoms with Crippen LogP contribution in [0, 0.1) is 23.7 Å². The number of fused-ring (bicyclic) bond motifs is 3. The van der Waals surface area contributed by atoms with Crippen LogP contribution < -0.4 is 0 Å². The van der Waals surface area contributed by atoms with Crippen molar-refractivity contribution in [2.75, 3.05) is 0 Å². The average molecular weight is 300 g/mol. The van der Waals surface area contributed by atoms with E-state index in [1.54, 1.807) is 18.2 Å². The zero-order chi connectivity index (χ0) is 16.8. The molecule has 23 heavy (non-hydrogen) atoms. The van der Waals surface area contributed by atoms with E-state index in [9.17, 15) is 4.79 Å². The molecule has 0 atom stereocenters. The molecule has 1 aliphatic rings. The highest BCUT2D eigenvalue weighted by molar-refractivity contribution is 6.21. The molecule has 1 aromatic carbocycles. The second kappa shape index (κ2) is 5.00. The van der Waals surface area contributed by atoms with Crippen LogP contribution >= 0.6 is 0 Å². The fraction of sp³-hybridized carbons (Fsp3) is 0.200. The summed E-state index contributed by atoms with van der Waals surface area (Å²) in [6.07, 6.45) is 9.32. The van der Waals surface area contributed by atoms with E-state index in [-0.39, 0.29) is 5.78 Å². The van der Waals surface area contributed by atoms with Crippen molar-refractivity contribution in [3.05, 3.63) is 58.3 Å². The summed E-state index contributed by atoms with van der Waals surface area (Å²) in [5.41, 5.74) is 3.58. The van der Waals surface area contributed by atoms with Crippen LogP contribution in [-0.4, -0.2) is 10.8 Å². The normalized spacial score (nSPS) is 16.5. The number of rotatable bonds is 1. The Kier molecular flexibility index (Phi) is 3.24. The Morgan fingerprint density at radius 3 is 2.70 bits per heavy atom. The maximum absolute atomic E-state index is 13.0. The lowest BCUT2D eigenvalue weighted by Gasteiger charge is -2.31. The molecule has 1 N–H and O–H groups in total. The second-order valence-corrected chi connectivity index (χ2v) is 6.13. The monoisotopic (exact) mass is 300 g/mol. The van der Waals surface area contributed by atoms with E-state index in [1.807, 2.05) is 32.9 Å². The van der Waals surface area contributed by atoms with Gasteiger partial charge in [-0.2, -0.15) is 5.26 Å². The summed E-state index contributed by atoms with van der Waals surface area (Å²) >= 11 is 0. The van der Waals surface area contributed by atoms with Gasteiger partial charge in [-0.15, -0.1) is 6.42 Å². The molecule has 1 aromatic heterocycles. The fourth-order valence-corrected chi connectivity index (χ4v) is 3.27. The number of aromatic amines is 1. The third-order valence-corrected chi connectivity index (χ3v) is 4.40. The van der Waals surface area contributed by atoms with E-state index in [0.29, 0.717) is 22.3 Å². The number of nitrogens with one attached hydrogen (secondary N) is 1. The number of nitrogens with zero attached hydrogens (tertiary/aromatic N) is 1. The first-order valence-electron chi connectivity index (χ1n) is 7.40. The van der Waals surface area contributed by atoms with Gasteiger partial charge in [-0.25, -0.2) is 0 Å². The zero-order valence-electron chi connectivity index (χ0n) is 13.3. The number of carbonyl (C=O) groups excluding carboxylic acids is 1. The first kappa shape index (κ1) is 14.9. The Balaban J connectivity index is 2.41. The second-order valence-electron chi connectivity index (χ2n) is 6.13. The van der Waals surface area contributed by atoms with Crippen molar-refractivity contribution in [3.63, 3.8) is 0 Å². The van der Waals surface area contributed by atoms with E-state index < -0.39 is 5.41 Å². The number of benzene rings is 1. The number of nitriles is 1. The molecule has 112 valence electrons. The maximum Gasteiger partial charge on any atom is 0.196 e. The number of hydrogen-bond donors (Lipinski definition) is 1. The van der Waals surface area contributed by atoms with Crippen LogP contribution in [0.1, 0.15) is 42.4 Å². The van der Waals surface area contributed by atoms with Crippen molar-refractivity contribution >= 4 is 16.7 Å². The fourth-order valence-electron chi connectivity index (χ4n) is 3.27. The average Bonchev–Trinajstić information content (AvgIpc) is 2.92. The molecule has 0 unspecified atom stereocenters. The maximum atomic E-state index is 13.0. The van der Waals surface area contributed by atoms with Gasteiger partial charge in [0.1, 0.15) is 0 Å². The van der Waals surface area contributed by atoms with Gasteiger partial charge in [0.05, 0.1) is 17.2 Å². The number of H-pyrrole nitrogens is 1. The van der Waals surface area contributed by atoms with E-state index in [2.05, 4.69) is 17.0 Å². The van der Waals surface area contributed by atoms with Crippen molar-refractivity contribution < 1.29 is 4.79 Å². The van der Waals surface area contributed by atoms with Gasteiger partial charge in [0.15, 0.2) is 5.78 Å². The van der Waals surface area contributed by atoms with Gasteiger partial charge in [-0.3, -0.25) is 4.79 Å². The highest BCUT2D eigenvalue weighted by Gasteiger charge is 2.40. The van der Waals surface area contributed by atoms with Crippen LogP contribution in [0.5, 0.6) is 0 Å². The Morgan fingerprint density at radius 2 is 2.09 bits per heavy atom. The van der Waals surface area contributed by atoms with E-state index >= 15 is 0 Å². The number of aromatic nitrogens is 1. The van der Waals surface area contributed by atoms with Gasteiger partial charge in [-0.1, -0.05) is 24.1 Å². The highest BCUT2D eigenvalue weighted by Crippen LogP contribution is 2.43. The number of allylic oxidation sites excluding steroid dienone is 4. The van der Waals surface area contributed by atoms with Crippen LogP contribution in [0.15, 0.2) is 41.5 Å². The summed E-state index contributed by atoms with van der Waals surface area (Å²) < 4.78 is 0. The largest absolute Gasteiger partial charge is 0.357 e. The summed E-state index contributed by atoms with van der Waals surface area (Å²) in [5, 5.41) is 9.90. The van der Waals surface area contributed by atoms with Crippen LogP contribution in [0.2, 0.25) is 0 Å². The van der Waals surface area contributed by atoms with Gasteiger partial charge < -0.3 is 4.98 Å². The minimum Gasteiger partial charge on any atom is -0.357 e. The molecule has 0 saturated heterocycles. The molecule has 1 heterocycles. The summed E-state index contributed by atoms with van der Waals surface area (Å²) in [5.74, 6) is 2.63. The van der Waals surface area contributed by atoms with Gasteiger partial charge in [0.25, 0.3) is 0 Å². The van der Waals surface area contributed by atoms with Crippen molar-refractivity contribution in [3.8, 4) is 18.4 Å². The molecule has 3 rings (SSSR count). The molecule has 0 aliphatic heterocycles. The molecule has 0 spiro atoms. The first-order chi connectivity index (χ1) is 11.0. The zero-order valence-corrected chi connectivity index (χ0v) is 13.3. The van der Waals surface area contributed by atoms with Crippen LogP contribution in [0.3, 0.4) is 0 Å². The van der Waals surface area contributed by atoms with Gasteiger partial charge in [0.2, 0.25) is 0 Å². The SMILES string of the molecule is C#CC1=C(/C=C\C)C(=O)c2c([nH]c3cc(C#N)ccc23)C1(C)C. The first-order valence-corrected chi connectivity index (χ1v) is 7.40. The van der Waals surface area contributed by atoms with E-state index in [1.165, 1.54) is 0 Å². The minimum absolute atomic E-state index is 0.0682. The third-order valence-electron chi connectivity index (χ3n) is 4.40. The molecule has 0 fully saturated rings. The van der Waals surface area contributed by atoms with Crippen molar-refractivity contribution in [1.29, 1.82) is 5.26 Å². The number of carbonyl (C=O) groups is 1. The Labute approximate surface area is 135 Å². The van der Waals surface area contributed by atoms with E-state index in [4.69, 9.17) is 11.7 Å². The molecule has 3 nitrogen and oxygen atoms in total.